The monoisotopic (exact) mass is 277 g/mol. The van der Waals surface area contributed by atoms with E-state index in [4.69, 9.17) is 0 Å². The molecule has 1 amide bonds. The number of hydrogen-bond donors (Lipinski definition) is 2. The molecule has 19 heavy (non-hydrogen) atoms. The summed E-state index contributed by atoms with van der Waals surface area (Å²) >= 11 is 1.62. The van der Waals surface area contributed by atoms with Crippen molar-refractivity contribution in [3.63, 3.8) is 0 Å². The molecule has 102 valence electrons. The number of nitrogens with one attached hydrogen (secondary N) is 2. The number of benzene rings is 1. The molecule has 4 nitrogen and oxygen atoms in total. The summed E-state index contributed by atoms with van der Waals surface area (Å²) in [5.41, 5.74) is 0.942. The fourth-order valence-corrected chi connectivity index (χ4v) is 2.48. The van der Waals surface area contributed by atoms with Crippen LogP contribution in [0.15, 0.2) is 24.3 Å². The topological polar surface area (TPSA) is 54.0 Å². The van der Waals surface area contributed by atoms with E-state index in [1.165, 1.54) is 0 Å². The minimum Gasteiger partial charge on any atom is -0.348 e. The zero-order valence-electron chi connectivity index (χ0n) is 11.5. The molecule has 5 heteroatoms. The number of carbonyl (C=O) groups excluding carboxylic acids is 1. The van der Waals surface area contributed by atoms with Crippen molar-refractivity contribution in [3.8, 4) is 0 Å². The van der Waals surface area contributed by atoms with Gasteiger partial charge in [-0.15, -0.1) is 11.3 Å². The normalized spacial score (nSPS) is 11.7. The minimum atomic E-state index is -0.0484. The zero-order valence-corrected chi connectivity index (χ0v) is 12.3. The van der Waals surface area contributed by atoms with E-state index >= 15 is 0 Å². The fourth-order valence-electron chi connectivity index (χ4n) is 1.58. The quantitative estimate of drug-likeness (QED) is 0.901. The highest BCUT2D eigenvalue weighted by molar-refractivity contribution is 7.18. The highest BCUT2D eigenvalue weighted by atomic mass is 32.1. The lowest BCUT2D eigenvalue weighted by Crippen LogP contribution is -2.43. The SMILES string of the molecule is CC(C)(C)NCC(=O)NCc1nc2ccccc2s1. The van der Waals surface area contributed by atoms with Crippen molar-refractivity contribution in [3.05, 3.63) is 29.3 Å². The largest absolute Gasteiger partial charge is 0.348 e. The molecule has 0 unspecified atom stereocenters. The van der Waals surface area contributed by atoms with Crippen molar-refractivity contribution < 1.29 is 4.79 Å². The zero-order chi connectivity index (χ0) is 13.9. The van der Waals surface area contributed by atoms with Crippen LogP contribution in [-0.4, -0.2) is 23.0 Å². The molecule has 0 radical (unpaired) electrons. The Bertz CT molecular complexity index is 538. The maximum Gasteiger partial charge on any atom is 0.234 e. The third kappa shape index (κ3) is 4.29. The van der Waals surface area contributed by atoms with Gasteiger partial charge in [-0.3, -0.25) is 4.79 Å². The van der Waals surface area contributed by atoms with Gasteiger partial charge in [0, 0.05) is 5.54 Å². The molecule has 1 heterocycles. The maximum absolute atomic E-state index is 11.7. The van der Waals surface area contributed by atoms with Crippen molar-refractivity contribution >= 4 is 27.5 Å². The second kappa shape index (κ2) is 5.67. The molecule has 0 atom stereocenters. The second-order valence-electron chi connectivity index (χ2n) is 5.46. The van der Waals surface area contributed by atoms with Crippen LogP contribution in [0, 0.1) is 0 Å². The average molecular weight is 277 g/mol. The number of aromatic nitrogens is 1. The van der Waals surface area contributed by atoms with E-state index in [0.29, 0.717) is 13.1 Å². The van der Waals surface area contributed by atoms with Crippen LogP contribution in [-0.2, 0) is 11.3 Å². The summed E-state index contributed by atoms with van der Waals surface area (Å²) in [7, 11) is 0. The molecule has 2 aromatic rings. The summed E-state index contributed by atoms with van der Waals surface area (Å²) < 4.78 is 1.15. The Balaban J connectivity index is 1.86. The summed E-state index contributed by atoms with van der Waals surface area (Å²) in [5, 5.41) is 6.97. The van der Waals surface area contributed by atoms with Gasteiger partial charge in [0.05, 0.1) is 23.3 Å². The highest BCUT2D eigenvalue weighted by Gasteiger charge is 2.11. The molecule has 0 aliphatic heterocycles. The number of hydrogen-bond acceptors (Lipinski definition) is 4. The second-order valence-corrected chi connectivity index (χ2v) is 6.57. The lowest BCUT2D eigenvalue weighted by molar-refractivity contribution is -0.120. The van der Waals surface area contributed by atoms with Crippen molar-refractivity contribution in [1.82, 2.24) is 15.6 Å². The lowest BCUT2D eigenvalue weighted by atomic mass is 10.1. The predicted molar refractivity (Wildman–Crippen MR) is 79.2 cm³/mol. The molecule has 0 spiro atoms. The van der Waals surface area contributed by atoms with Gasteiger partial charge in [0.1, 0.15) is 5.01 Å². The summed E-state index contributed by atoms with van der Waals surface area (Å²) in [4.78, 5) is 16.2. The molecule has 1 aromatic carbocycles. The first-order valence-corrected chi connectivity index (χ1v) is 7.12. The highest BCUT2D eigenvalue weighted by Crippen LogP contribution is 2.21. The Kier molecular flexibility index (Phi) is 4.17. The number of nitrogens with zero attached hydrogens (tertiary/aromatic N) is 1. The number of fused-ring (bicyclic) bond motifs is 1. The maximum atomic E-state index is 11.7. The molecule has 2 rings (SSSR count). The molecule has 0 saturated heterocycles. The van der Waals surface area contributed by atoms with E-state index in [-0.39, 0.29) is 11.4 Å². The van der Waals surface area contributed by atoms with Gasteiger partial charge in [-0.05, 0) is 32.9 Å². The number of para-hydroxylation sites is 1. The van der Waals surface area contributed by atoms with Crippen LogP contribution in [0.1, 0.15) is 25.8 Å². The number of rotatable bonds is 4. The van der Waals surface area contributed by atoms with Gasteiger partial charge in [-0.25, -0.2) is 4.98 Å². The molecule has 2 N–H and O–H groups in total. The van der Waals surface area contributed by atoms with Gasteiger partial charge < -0.3 is 10.6 Å². The van der Waals surface area contributed by atoms with Gasteiger partial charge in [0.2, 0.25) is 5.91 Å². The Morgan fingerprint density at radius 2 is 2.05 bits per heavy atom. The molecule has 1 aromatic heterocycles. The first-order chi connectivity index (χ1) is 8.94. The van der Waals surface area contributed by atoms with Crippen LogP contribution in [0.25, 0.3) is 10.2 Å². The van der Waals surface area contributed by atoms with Crippen LogP contribution in [0.4, 0.5) is 0 Å². The van der Waals surface area contributed by atoms with Gasteiger partial charge in [-0.1, -0.05) is 12.1 Å². The van der Waals surface area contributed by atoms with Gasteiger partial charge >= 0.3 is 0 Å². The predicted octanol–water partition coefficient (Wildman–Crippen LogP) is 2.30. The van der Waals surface area contributed by atoms with E-state index in [2.05, 4.69) is 15.6 Å². The van der Waals surface area contributed by atoms with E-state index in [1.807, 2.05) is 45.0 Å². The van der Waals surface area contributed by atoms with E-state index in [9.17, 15) is 4.79 Å². The first kappa shape index (κ1) is 14.0. The third-order valence-corrected chi connectivity index (χ3v) is 3.59. The Hall–Kier alpha value is -1.46. The van der Waals surface area contributed by atoms with Crippen LogP contribution >= 0.6 is 11.3 Å². The Morgan fingerprint density at radius 3 is 2.74 bits per heavy atom. The van der Waals surface area contributed by atoms with E-state index < -0.39 is 0 Å². The summed E-state index contributed by atoms with van der Waals surface area (Å²) in [5.74, 6) is -0.00539. The average Bonchev–Trinajstić information content (AvgIpc) is 2.75. The number of thiazole rings is 1. The fraction of sp³-hybridized carbons (Fsp3) is 0.429. The molecule has 0 bridgehead atoms. The first-order valence-electron chi connectivity index (χ1n) is 6.30. The summed E-state index contributed by atoms with van der Waals surface area (Å²) in [6.07, 6.45) is 0. The van der Waals surface area contributed by atoms with Crippen LogP contribution < -0.4 is 10.6 Å². The number of amides is 1. The van der Waals surface area contributed by atoms with Crippen LogP contribution in [0.2, 0.25) is 0 Å². The van der Waals surface area contributed by atoms with Crippen molar-refractivity contribution in [2.45, 2.75) is 32.9 Å². The summed E-state index contributed by atoms with van der Waals surface area (Å²) in [6, 6.07) is 7.99. The lowest BCUT2D eigenvalue weighted by Gasteiger charge is -2.19. The van der Waals surface area contributed by atoms with Crippen molar-refractivity contribution in [2.75, 3.05) is 6.54 Å². The Morgan fingerprint density at radius 1 is 1.32 bits per heavy atom. The standard InChI is InChI=1S/C14H19N3OS/c1-14(2,3)16-8-12(18)15-9-13-17-10-6-4-5-7-11(10)19-13/h4-7,16H,8-9H2,1-3H3,(H,15,18). The van der Waals surface area contributed by atoms with Gasteiger partial charge in [-0.2, -0.15) is 0 Å². The van der Waals surface area contributed by atoms with Gasteiger partial charge in [0.25, 0.3) is 0 Å². The van der Waals surface area contributed by atoms with Crippen LogP contribution in [0.5, 0.6) is 0 Å². The molecule has 0 aliphatic carbocycles. The Labute approximate surface area is 117 Å². The number of carbonyl (C=O) groups is 1. The van der Waals surface area contributed by atoms with Crippen molar-refractivity contribution in [1.29, 1.82) is 0 Å². The van der Waals surface area contributed by atoms with E-state index in [0.717, 1.165) is 15.2 Å². The third-order valence-electron chi connectivity index (χ3n) is 2.55. The molecule has 0 saturated carbocycles. The van der Waals surface area contributed by atoms with Crippen molar-refractivity contribution in [2.24, 2.45) is 0 Å². The molecular formula is C14H19N3OS. The van der Waals surface area contributed by atoms with E-state index in [1.54, 1.807) is 11.3 Å². The smallest absolute Gasteiger partial charge is 0.234 e. The molecular weight excluding hydrogens is 258 g/mol. The molecule has 0 aliphatic rings. The van der Waals surface area contributed by atoms with Crippen LogP contribution in [0.3, 0.4) is 0 Å². The summed E-state index contributed by atoms with van der Waals surface area (Å²) in [6.45, 7) is 6.92. The minimum absolute atomic E-state index is 0.00539. The molecule has 0 fully saturated rings. The van der Waals surface area contributed by atoms with Gasteiger partial charge in [0.15, 0.2) is 0 Å².